The van der Waals surface area contributed by atoms with Gasteiger partial charge in [0.2, 0.25) is 0 Å². The Kier molecular flexibility index (Phi) is 4.91. The van der Waals surface area contributed by atoms with E-state index >= 15 is 0 Å². The fourth-order valence-electron chi connectivity index (χ4n) is 1.88. The number of nitrogens with zero attached hydrogens (tertiary/aromatic N) is 2. The SMILES string of the molecule is O=C(O)Cn1cc(C(=O)Nc2c(F)c(F)c(C(F)(F)F)c(F)c2F)cn1. The molecule has 1 aromatic heterocycles. The number of carboxylic acid groups (broad SMARTS) is 1. The van der Waals surface area contributed by atoms with Crippen molar-refractivity contribution < 1.29 is 45.4 Å². The number of halogens is 7. The predicted octanol–water partition coefficient (Wildman–Crippen LogP) is 2.80. The zero-order valence-electron chi connectivity index (χ0n) is 12.2. The van der Waals surface area contributed by atoms with E-state index in [1.165, 1.54) is 5.32 Å². The van der Waals surface area contributed by atoms with E-state index in [1.54, 1.807) is 0 Å². The zero-order valence-corrected chi connectivity index (χ0v) is 12.2. The molecule has 1 aromatic carbocycles. The third-order valence-corrected chi connectivity index (χ3v) is 2.98. The quantitative estimate of drug-likeness (QED) is 0.626. The van der Waals surface area contributed by atoms with E-state index in [4.69, 9.17) is 5.11 Å². The van der Waals surface area contributed by atoms with Crippen molar-refractivity contribution in [3.8, 4) is 0 Å². The number of anilines is 1. The summed E-state index contributed by atoms with van der Waals surface area (Å²) in [6, 6.07) is 0. The van der Waals surface area contributed by atoms with Crippen molar-refractivity contribution in [2.24, 2.45) is 0 Å². The monoisotopic (exact) mass is 385 g/mol. The van der Waals surface area contributed by atoms with Crippen LogP contribution in [-0.4, -0.2) is 26.8 Å². The molecule has 2 N–H and O–H groups in total. The predicted molar refractivity (Wildman–Crippen MR) is 69.1 cm³/mol. The van der Waals surface area contributed by atoms with E-state index < -0.39 is 64.7 Å². The molecule has 1 amide bonds. The van der Waals surface area contributed by atoms with E-state index in [-0.39, 0.29) is 0 Å². The molecule has 2 aromatic rings. The molecule has 0 radical (unpaired) electrons. The first-order valence-corrected chi connectivity index (χ1v) is 6.42. The second kappa shape index (κ2) is 6.65. The topological polar surface area (TPSA) is 84.2 Å². The highest BCUT2D eigenvalue weighted by molar-refractivity contribution is 6.04. The molecule has 0 aliphatic carbocycles. The first-order chi connectivity index (χ1) is 11.9. The average Bonchev–Trinajstić information content (AvgIpc) is 2.96. The standard InChI is InChI=1S/C13H6F7N3O3/c14-7-6(13(18,19)20)8(15)10(17)11(9(7)16)22-12(26)4-1-21-23(2-4)3-5(24)25/h1-2H,3H2,(H,22,26)(H,24,25). The molecule has 140 valence electrons. The summed E-state index contributed by atoms with van der Waals surface area (Å²) in [6.45, 7) is -0.667. The van der Waals surface area contributed by atoms with Crippen LogP contribution in [0.2, 0.25) is 0 Å². The van der Waals surface area contributed by atoms with Crippen molar-refractivity contribution in [3.05, 3.63) is 46.8 Å². The van der Waals surface area contributed by atoms with Crippen molar-refractivity contribution in [1.29, 1.82) is 0 Å². The van der Waals surface area contributed by atoms with Gasteiger partial charge in [0.05, 0.1) is 11.8 Å². The first-order valence-electron chi connectivity index (χ1n) is 6.42. The normalized spacial score (nSPS) is 11.5. The average molecular weight is 385 g/mol. The summed E-state index contributed by atoms with van der Waals surface area (Å²) in [5.41, 5.74) is -5.02. The Bertz CT molecular complexity index is 863. The van der Waals surface area contributed by atoms with Crippen LogP contribution in [0.3, 0.4) is 0 Å². The Hall–Kier alpha value is -3.12. The number of aliphatic carboxylic acids is 1. The molecule has 2 rings (SSSR count). The number of amides is 1. The minimum atomic E-state index is -5.71. The third kappa shape index (κ3) is 3.60. The van der Waals surface area contributed by atoms with Crippen LogP contribution in [0.4, 0.5) is 36.4 Å². The minimum Gasteiger partial charge on any atom is -0.480 e. The maximum Gasteiger partial charge on any atom is 0.422 e. The number of carbonyl (C=O) groups excluding carboxylic acids is 1. The summed E-state index contributed by atoms with van der Waals surface area (Å²) in [6.07, 6.45) is -4.11. The largest absolute Gasteiger partial charge is 0.480 e. The molecule has 0 saturated carbocycles. The van der Waals surface area contributed by atoms with Crippen molar-refractivity contribution in [1.82, 2.24) is 9.78 Å². The highest BCUT2D eigenvalue weighted by Gasteiger charge is 2.42. The van der Waals surface area contributed by atoms with Crippen LogP contribution in [0, 0.1) is 23.3 Å². The first kappa shape index (κ1) is 19.2. The molecule has 0 bridgehead atoms. The lowest BCUT2D eigenvalue weighted by Crippen LogP contribution is -2.20. The number of hydrogen-bond acceptors (Lipinski definition) is 3. The van der Waals surface area contributed by atoms with E-state index in [1.807, 2.05) is 0 Å². The van der Waals surface area contributed by atoms with Gasteiger partial charge in [0.25, 0.3) is 5.91 Å². The van der Waals surface area contributed by atoms with Crippen molar-refractivity contribution in [2.45, 2.75) is 12.7 Å². The van der Waals surface area contributed by atoms with Crippen LogP contribution >= 0.6 is 0 Å². The lowest BCUT2D eigenvalue weighted by Gasteiger charge is -2.14. The molecule has 26 heavy (non-hydrogen) atoms. The fraction of sp³-hybridized carbons (Fsp3) is 0.154. The summed E-state index contributed by atoms with van der Waals surface area (Å²) in [4.78, 5) is 22.3. The van der Waals surface area contributed by atoms with E-state index in [2.05, 4.69) is 5.10 Å². The van der Waals surface area contributed by atoms with E-state index in [9.17, 15) is 40.3 Å². The van der Waals surface area contributed by atoms with Crippen LogP contribution in [0.25, 0.3) is 0 Å². The zero-order chi connectivity index (χ0) is 19.8. The molecule has 0 unspecified atom stereocenters. The van der Waals surface area contributed by atoms with Gasteiger partial charge in [-0.05, 0) is 0 Å². The Morgan fingerprint density at radius 2 is 1.62 bits per heavy atom. The summed E-state index contributed by atoms with van der Waals surface area (Å²) in [5, 5.41) is 13.4. The summed E-state index contributed by atoms with van der Waals surface area (Å²) < 4.78 is 92.5. The molecule has 0 spiro atoms. The van der Waals surface area contributed by atoms with Crippen LogP contribution < -0.4 is 5.32 Å². The van der Waals surface area contributed by atoms with Gasteiger partial charge < -0.3 is 10.4 Å². The minimum absolute atomic E-state index is 0.467. The fourth-order valence-corrected chi connectivity index (χ4v) is 1.88. The smallest absolute Gasteiger partial charge is 0.422 e. The van der Waals surface area contributed by atoms with Crippen molar-refractivity contribution in [2.75, 3.05) is 5.32 Å². The van der Waals surface area contributed by atoms with Gasteiger partial charge >= 0.3 is 12.1 Å². The van der Waals surface area contributed by atoms with Gasteiger partial charge in [0, 0.05) is 6.20 Å². The van der Waals surface area contributed by atoms with Gasteiger partial charge in [-0.2, -0.15) is 18.3 Å². The van der Waals surface area contributed by atoms with Crippen molar-refractivity contribution in [3.63, 3.8) is 0 Å². The molecule has 6 nitrogen and oxygen atoms in total. The third-order valence-electron chi connectivity index (χ3n) is 2.98. The van der Waals surface area contributed by atoms with Gasteiger partial charge in [-0.25, -0.2) is 17.6 Å². The molecule has 0 fully saturated rings. The lowest BCUT2D eigenvalue weighted by molar-refractivity contribution is -0.143. The molecule has 13 heteroatoms. The van der Waals surface area contributed by atoms with Gasteiger partial charge in [0.15, 0.2) is 23.3 Å². The van der Waals surface area contributed by atoms with Gasteiger partial charge in [-0.1, -0.05) is 0 Å². The number of aromatic nitrogens is 2. The Morgan fingerprint density at radius 3 is 2.08 bits per heavy atom. The second-order valence-electron chi connectivity index (χ2n) is 4.78. The van der Waals surface area contributed by atoms with Crippen LogP contribution in [0.5, 0.6) is 0 Å². The molecule has 0 atom stereocenters. The Labute approximate surface area is 138 Å². The van der Waals surface area contributed by atoms with Gasteiger partial charge in [0.1, 0.15) is 17.8 Å². The Balaban J connectivity index is 2.39. The molecular weight excluding hydrogens is 379 g/mol. The van der Waals surface area contributed by atoms with Crippen LogP contribution in [-0.2, 0) is 17.5 Å². The Morgan fingerprint density at radius 1 is 1.08 bits per heavy atom. The summed E-state index contributed by atoms with van der Waals surface area (Å²) in [5.74, 6) is -13.1. The molecular formula is C13H6F7N3O3. The molecule has 0 saturated heterocycles. The number of benzene rings is 1. The summed E-state index contributed by atoms with van der Waals surface area (Å²) in [7, 11) is 0. The van der Waals surface area contributed by atoms with E-state index in [0.29, 0.717) is 0 Å². The maximum absolute atomic E-state index is 13.7. The number of nitrogens with one attached hydrogen (secondary N) is 1. The number of hydrogen-bond donors (Lipinski definition) is 2. The van der Waals surface area contributed by atoms with Crippen molar-refractivity contribution >= 4 is 17.6 Å². The highest BCUT2D eigenvalue weighted by Crippen LogP contribution is 2.38. The number of rotatable bonds is 4. The van der Waals surface area contributed by atoms with Gasteiger partial charge in [-0.3, -0.25) is 14.3 Å². The van der Waals surface area contributed by atoms with E-state index in [0.717, 1.165) is 17.1 Å². The number of alkyl halides is 3. The molecule has 1 heterocycles. The molecule has 0 aliphatic rings. The number of carbonyl (C=O) groups is 2. The molecule has 0 aliphatic heterocycles. The number of carboxylic acids is 1. The second-order valence-corrected chi connectivity index (χ2v) is 4.78. The van der Waals surface area contributed by atoms with Gasteiger partial charge in [-0.15, -0.1) is 0 Å². The lowest BCUT2D eigenvalue weighted by atomic mass is 10.1. The van der Waals surface area contributed by atoms with Crippen LogP contribution in [0.15, 0.2) is 12.4 Å². The maximum atomic E-state index is 13.7. The van der Waals surface area contributed by atoms with Crippen LogP contribution in [0.1, 0.15) is 15.9 Å². The summed E-state index contributed by atoms with van der Waals surface area (Å²) >= 11 is 0. The highest BCUT2D eigenvalue weighted by atomic mass is 19.4.